The number of guanidine groups is 1. The number of halogens is 1. The zero-order valence-electron chi connectivity index (χ0n) is 13.7. The predicted octanol–water partition coefficient (Wildman–Crippen LogP) is 0.228. The van der Waals surface area contributed by atoms with Gasteiger partial charge in [0.2, 0.25) is 10.0 Å². The SMILES string of the molecule is CCS(=O)(=O)NCCNC(=NC)N1CC2C3CCC(O3)C2C1.I. The number of fused-ring (bicyclic) bond motifs is 5. The Balaban J connectivity index is 0.00000192. The molecule has 2 N–H and O–H groups in total. The molecular weight excluding hydrogens is 431 g/mol. The summed E-state index contributed by atoms with van der Waals surface area (Å²) in [5.74, 6) is 2.25. The summed E-state index contributed by atoms with van der Waals surface area (Å²) in [6.07, 6.45) is 3.28. The number of sulfonamides is 1. The first kappa shape index (κ1) is 19.2. The summed E-state index contributed by atoms with van der Waals surface area (Å²) in [6.45, 7) is 4.54. The van der Waals surface area contributed by atoms with E-state index in [4.69, 9.17) is 4.74 Å². The lowest BCUT2D eigenvalue weighted by atomic mass is 9.82. The van der Waals surface area contributed by atoms with E-state index in [0.717, 1.165) is 19.0 Å². The molecule has 3 saturated heterocycles. The molecule has 0 radical (unpaired) electrons. The lowest BCUT2D eigenvalue weighted by molar-refractivity contribution is 0.0767. The van der Waals surface area contributed by atoms with Gasteiger partial charge in [0.1, 0.15) is 0 Å². The second kappa shape index (κ2) is 7.83. The van der Waals surface area contributed by atoms with E-state index < -0.39 is 10.0 Å². The number of likely N-dealkylation sites (tertiary alicyclic amines) is 1. The fourth-order valence-electron chi connectivity index (χ4n) is 3.95. The van der Waals surface area contributed by atoms with Gasteiger partial charge in [0.15, 0.2) is 5.96 Å². The monoisotopic (exact) mass is 458 g/mol. The molecule has 0 amide bonds. The summed E-state index contributed by atoms with van der Waals surface area (Å²) in [6, 6.07) is 0. The molecule has 4 unspecified atom stereocenters. The van der Waals surface area contributed by atoms with Crippen LogP contribution in [0.15, 0.2) is 4.99 Å². The minimum atomic E-state index is -3.12. The Morgan fingerprint density at radius 1 is 1.22 bits per heavy atom. The molecule has 0 aromatic heterocycles. The Bertz CT molecular complexity index is 524. The van der Waals surface area contributed by atoms with Crippen LogP contribution in [-0.2, 0) is 14.8 Å². The van der Waals surface area contributed by atoms with E-state index in [1.165, 1.54) is 12.8 Å². The van der Waals surface area contributed by atoms with E-state index in [2.05, 4.69) is 19.9 Å². The second-order valence-corrected chi connectivity index (χ2v) is 8.39. The Labute approximate surface area is 155 Å². The van der Waals surface area contributed by atoms with Crippen LogP contribution in [0.2, 0.25) is 0 Å². The summed E-state index contributed by atoms with van der Waals surface area (Å²) < 4.78 is 31.3. The lowest BCUT2D eigenvalue weighted by Gasteiger charge is -2.23. The van der Waals surface area contributed by atoms with Crippen molar-refractivity contribution < 1.29 is 13.2 Å². The summed E-state index contributed by atoms with van der Waals surface area (Å²) in [5.41, 5.74) is 0. The molecule has 3 aliphatic rings. The van der Waals surface area contributed by atoms with Gasteiger partial charge in [-0.05, 0) is 19.8 Å². The minimum Gasteiger partial charge on any atom is -0.374 e. The smallest absolute Gasteiger partial charge is 0.211 e. The summed E-state index contributed by atoms with van der Waals surface area (Å²) >= 11 is 0. The molecule has 7 nitrogen and oxygen atoms in total. The van der Waals surface area contributed by atoms with E-state index >= 15 is 0 Å². The van der Waals surface area contributed by atoms with Crippen molar-refractivity contribution in [2.75, 3.05) is 39.0 Å². The van der Waals surface area contributed by atoms with Crippen molar-refractivity contribution >= 4 is 40.0 Å². The van der Waals surface area contributed by atoms with E-state index in [9.17, 15) is 8.42 Å². The maximum absolute atomic E-state index is 11.4. The van der Waals surface area contributed by atoms with Gasteiger partial charge in [-0.3, -0.25) is 4.99 Å². The van der Waals surface area contributed by atoms with Gasteiger partial charge in [-0.1, -0.05) is 0 Å². The molecule has 0 saturated carbocycles. The van der Waals surface area contributed by atoms with Crippen LogP contribution < -0.4 is 10.0 Å². The lowest BCUT2D eigenvalue weighted by Crippen LogP contribution is -2.44. The zero-order valence-corrected chi connectivity index (χ0v) is 16.8. The molecule has 3 aliphatic heterocycles. The first-order valence-corrected chi connectivity index (χ1v) is 9.77. The maximum atomic E-state index is 11.4. The minimum absolute atomic E-state index is 0. The van der Waals surface area contributed by atoms with E-state index in [-0.39, 0.29) is 29.7 Å². The van der Waals surface area contributed by atoms with Gasteiger partial charge in [0, 0.05) is 45.1 Å². The Morgan fingerprint density at radius 2 is 1.83 bits per heavy atom. The van der Waals surface area contributed by atoms with Gasteiger partial charge in [0.25, 0.3) is 0 Å². The van der Waals surface area contributed by atoms with E-state index in [1.807, 2.05) is 0 Å². The molecule has 3 fully saturated rings. The molecule has 0 aromatic carbocycles. The van der Waals surface area contributed by atoms with Crippen LogP contribution in [0.5, 0.6) is 0 Å². The molecule has 134 valence electrons. The van der Waals surface area contributed by atoms with Crippen molar-refractivity contribution in [1.82, 2.24) is 14.9 Å². The Morgan fingerprint density at radius 3 is 2.35 bits per heavy atom. The average molecular weight is 458 g/mol. The fraction of sp³-hybridized carbons (Fsp3) is 0.929. The number of aliphatic imine (C=N–C) groups is 1. The molecule has 2 bridgehead atoms. The van der Waals surface area contributed by atoms with Gasteiger partial charge in [-0.2, -0.15) is 0 Å². The molecule has 9 heteroatoms. The molecule has 3 rings (SSSR count). The first-order chi connectivity index (χ1) is 10.5. The number of hydrogen-bond donors (Lipinski definition) is 2. The zero-order chi connectivity index (χ0) is 15.7. The van der Waals surface area contributed by atoms with Gasteiger partial charge in [-0.15, -0.1) is 24.0 Å². The fourth-order valence-corrected chi connectivity index (χ4v) is 4.57. The number of nitrogens with one attached hydrogen (secondary N) is 2. The third-order valence-corrected chi connectivity index (χ3v) is 6.48. The summed E-state index contributed by atoms with van der Waals surface area (Å²) in [4.78, 5) is 6.62. The first-order valence-electron chi connectivity index (χ1n) is 8.12. The van der Waals surface area contributed by atoms with Crippen LogP contribution in [0.3, 0.4) is 0 Å². The number of hydrogen-bond acceptors (Lipinski definition) is 4. The van der Waals surface area contributed by atoms with Gasteiger partial charge in [-0.25, -0.2) is 13.1 Å². The highest BCUT2D eigenvalue weighted by molar-refractivity contribution is 14.0. The molecular formula is C14H27IN4O3S. The Kier molecular flexibility index (Phi) is 6.54. The molecule has 0 aliphatic carbocycles. The van der Waals surface area contributed by atoms with Crippen molar-refractivity contribution in [1.29, 1.82) is 0 Å². The topological polar surface area (TPSA) is 83.0 Å². The third-order valence-electron chi connectivity index (χ3n) is 5.07. The largest absolute Gasteiger partial charge is 0.374 e. The summed E-state index contributed by atoms with van der Waals surface area (Å²) in [5, 5.41) is 3.26. The molecule has 23 heavy (non-hydrogen) atoms. The highest BCUT2D eigenvalue weighted by Gasteiger charge is 2.53. The molecule has 4 atom stereocenters. The Hall–Kier alpha value is -0.130. The molecule has 0 aromatic rings. The van der Waals surface area contributed by atoms with Crippen LogP contribution in [0, 0.1) is 11.8 Å². The highest BCUT2D eigenvalue weighted by atomic mass is 127. The normalized spacial score (nSPS) is 32.8. The second-order valence-electron chi connectivity index (χ2n) is 6.29. The number of ether oxygens (including phenoxy) is 1. The summed E-state index contributed by atoms with van der Waals surface area (Å²) in [7, 11) is -1.35. The maximum Gasteiger partial charge on any atom is 0.211 e. The van der Waals surface area contributed by atoms with Crippen LogP contribution >= 0.6 is 24.0 Å². The van der Waals surface area contributed by atoms with E-state index in [0.29, 0.717) is 37.1 Å². The molecule has 0 spiro atoms. The quantitative estimate of drug-likeness (QED) is 0.267. The van der Waals surface area contributed by atoms with Crippen LogP contribution in [-0.4, -0.2) is 70.5 Å². The van der Waals surface area contributed by atoms with Crippen LogP contribution in [0.1, 0.15) is 19.8 Å². The average Bonchev–Trinajstić information content (AvgIpc) is 3.19. The number of nitrogens with zero attached hydrogens (tertiary/aromatic N) is 2. The molecule has 3 heterocycles. The van der Waals surface area contributed by atoms with Crippen molar-refractivity contribution in [2.45, 2.75) is 32.0 Å². The standard InChI is InChI=1S/C14H26N4O3S.HI/c1-3-22(19,20)17-7-6-16-14(15-2)18-8-10-11(9-18)13-5-4-12(10)21-13;/h10-13,17H,3-9H2,1-2H3,(H,15,16);1H. The highest BCUT2D eigenvalue weighted by Crippen LogP contribution is 2.47. The van der Waals surface area contributed by atoms with Crippen molar-refractivity contribution in [3.05, 3.63) is 0 Å². The van der Waals surface area contributed by atoms with Gasteiger partial charge in [0.05, 0.1) is 18.0 Å². The third kappa shape index (κ3) is 4.10. The van der Waals surface area contributed by atoms with Crippen molar-refractivity contribution in [2.24, 2.45) is 16.8 Å². The van der Waals surface area contributed by atoms with Gasteiger partial charge >= 0.3 is 0 Å². The van der Waals surface area contributed by atoms with Crippen molar-refractivity contribution in [3.63, 3.8) is 0 Å². The predicted molar refractivity (Wildman–Crippen MR) is 101 cm³/mol. The van der Waals surface area contributed by atoms with Gasteiger partial charge < -0.3 is 15.0 Å². The van der Waals surface area contributed by atoms with Crippen molar-refractivity contribution in [3.8, 4) is 0 Å². The van der Waals surface area contributed by atoms with Crippen LogP contribution in [0.4, 0.5) is 0 Å². The van der Waals surface area contributed by atoms with E-state index in [1.54, 1.807) is 14.0 Å². The van der Waals surface area contributed by atoms with Crippen LogP contribution in [0.25, 0.3) is 0 Å². The number of rotatable bonds is 5.